The van der Waals surface area contributed by atoms with Gasteiger partial charge in [-0.05, 0) is 24.6 Å². The summed E-state index contributed by atoms with van der Waals surface area (Å²) in [5.74, 6) is 0. The van der Waals surface area contributed by atoms with Crippen LogP contribution in [0.2, 0.25) is 5.02 Å². The largest absolute Gasteiger partial charge is 0.397 e. The molecule has 0 saturated heterocycles. The first-order valence-corrected chi connectivity index (χ1v) is 5.40. The summed E-state index contributed by atoms with van der Waals surface area (Å²) in [6.07, 6.45) is 3.64. The lowest BCUT2D eigenvalue weighted by molar-refractivity contribution is 0.744. The Kier molecular flexibility index (Phi) is 4.60. The topological polar surface area (TPSA) is 38.0 Å². The smallest absolute Gasteiger partial charge is 0.0588 e. The van der Waals surface area contributed by atoms with E-state index in [-0.39, 0.29) is 0 Å². The second-order valence-corrected chi connectivity index (χ2v) is 3.80. The second kappa shape index (κ2) is 5.76. The molecular formula is C11H17ClN2. The molecule has 3 N–H and O–H groups in total. The molecule has 0 fully saturated rings. The Morgan fingerprint density at radius 2 is 2.14 bits per heavy atom. The van der Waals surface area contributed by atoms with E-state index in [1.54, 1.807) is 6.07 Å². The lowest BCUT2D eigenvalue weighted by Crippen LogP contribution is -2.03. The number of nitrogen functional groups attached to an aromatic ring is 1. The molecule has 1 aromatic carbocycles. The van der Waals surface area contributed by atoms with Gasteiger partial charge in [-0.25, -0.2) is 0 Å². The summed E-state index contributed by atoms with van der Waals surface area (Å²) in [4.78, 5) is 0. The molecule has 14 heavy (non-hydrogen) atoms. The van der Waals surface area contributed by atoms with Gasteiger partial charge in [-0.3, -0.25) is 0 Å². The molecule has 0 saturated carbocycles. The first kappa shape index (κ1) is 11.2. The Morgan fingerprint density at radius 3 is 2.86 bits per heavy atom. The molecule has 0 bridgehead atoms. The number of anilines is 2. The van der Waals surface area contributed by atoms with Crippen LogP contribution >= 0.6 is 11.6 Å². The lowest BCUT2D eigenvalue weighted by atomic mass is 10.2. The van der Waals surface area contributed by atoms with E-state index >= 15 is 0 Å². The molecule has 0 aliphatic heterocycles. The zero-order valence-corrected chi connectivity index (χ0v) is 9.27. The van der Waals surface area contributed by atoms with E-state index in [2.05, 4.69) is 12.2 Å². The van der Waals surface area contributed by atoms with Crippen molar-refractivity contribution in [3.8, 4) is 0 Å². The molecule has 1 aromatic rings. The minimum atomic E-state index is 0.720. The van der Waals surface area contributed by atoms with Crippen molar-refractivity contribution in [2.75, 3.05) is 17.6 Å². The molecule has 0 amide bonds. The summed E-state index contributed by atoms with van der Waals surface area (Å²) in [5, 5.41) is 4.00. The summed E-state index contributed by atoms with van der Waals surface area (Å²) in [6.45, 7) is 3.14. The molecule has 0 aliphatic carbocycles. The molecule has 0 spiro atoms. The van der Waals surface area contributed by atoms with E-state index in [4.69, 9.17) is 17.3 Å². The zero-order valence-electron chi connectivity index (χ0n) is 8.52. The van der Waals surface area contributed by atoms with Crippen molar-refractivity contribution in [1.82, 2.24) is 0 Å². The minimum Gasteiger partial charge on any atom is -0.397 e. The van der Waals surface area contributed by atoms with Crippen LogP contribution in [0, 0.1) is 0 Å². The van der Waals surface area contributed by atoms with Gasteiger partial charge in [0.15, 0.2) is 0 Å². The first-order valence-electron chi connectivity index (χ1n) is 5.03. The van der Waals surface area contributed by atoms with Crippen LogP contribution in [0.4, 0.5) is 11.4 Å². The fraction of sp³-hybridized carbons (Fsp3) is 0.455. The predicted octanol–water partition coefficient (Wildman–Crippen LogP) is 3.52. The van der Waals surface area contributed by atoms with Crippen molar-refractivity contribution >= 4 is 23.0 Å². The molecule has 3 heteroatoms. The number of unbranched alkanes of at least 4 members (excludes halogenated alkanes) is 2. The number of nitrogens with two attached hydrogens (primary N) is 1. The predicted molar refractivity (Wildman–Crippen MR) is 63.9 cm³/mol. The number of nitrogens with one attached hydrogen (secondary N) is 1. The normalized spacial score (nSPS) is 10.1. The Bertz CT molecular complexity index is 287. The summed E-state index contributed by atoms with van der Waals surface area (Å²) >= 11 is 5.86. The molecule has 0 unspecified atom stereocenters. The van der Waals surface area contributed by atoms with Crippen molar-refractivity contribution in [3.63, 3.8) is 0 Å². The number of halogens is 1. The summed E-state index contributed by atoms with van der Waals surface area (Å²) < 4.78 is 0. The van der Waals surface area contributed by atoms with Crippen LogP contribution in [0.1, 0.15) is 26.2 Å². The average Bonchev–Trinajstić information content (AvgIpc) is 2.18. The van der Waals surface area contributed by atoms with Gasteiger partial charge in [0.05, 0.1) is 11.4 Å². The maximum Gasteiger partial charge on any atom is 0.0588 e. The van der Waals surface area contributed by atoms with E-state index in [0.29, 0.717) is 0 Å². The van der Waals surface area contributed by atoms with Crippen molar-refractivity contribution in [1.29, 1.82) is 0 Å². The molecule has 0 aliphatic rings. The molecular weight excluding hydrogens is 196 g/mol. The SMILES string of the molecule is CCCCCNc1cc(Cl)ccc1N. The quantitative estimate of drug-likeness (QED) is 0.579. The molecule has 0 atom stereocenters. The van der Waals surface area contributed by atoms with E-state index in [9.17, 15) is 0 Å². The number of benzene rings is 1. The van der Waals surface area contributed by atoms with Gasteiger partial charge in [0.2, 0.25) is 0 Å². The fourth-order valence-corrected chi connectivity index (χ4v) is 1.45. The Morgan fingerprint density at radius 1 is 1.36 bits per heavy atom. The van der Waals surface area contributed by atoms with E-state index in [0.717, 1.165) is 22.9 Å². The van der Waals surface area contributed by atoms with E-state index < -0.39 is 0 Å². The van der Waals surface area contributed by atoms with Crippen LogP contribution in [0.5, 0.6) is 0 Å². The van der Waals surface area contributed by atoms with Crippen molar-refractivity contribution in [2.24, 2.45) is 0 Å². The van der Waals surface area contributed by atoms with Crippen molar-refractivity contribution in [3.05, 3.63) is 23.2 Å². The summed E-state index contributed by atoms with van der Waals surface area (Å²) in [5.41, 5.74) is 7.48. The standard InChI is InChI=1S/C11H17ClN2/c1-2-3-4-7-14-11-8-9(12)5-6-10(11)13/h5-6,8,14H,2-4,7,13H2,1H3. The summed E-state index contributed by atoms with van der Waals surface area (Å²) in [7, 11) is 0. The number of rotatable bonds is 5. The van der Waals surface area contributed by atoms with E-state index in [1.807, 2.05) is 12.1 Å². The van der Waals surface area contributed by atoms with Gasteiger partial charge in [0.1, 0.15) is 0 Å². The van der Waals surface area contributed by atoms with Crippen LogP contribution in [0.15, 0.2) is 18.2 Å². The molecule has 0 aromatic heterocycles. The first-order chi connectivity index (χ1) is 6.74. The van der Waals surface area contributed by atoms with Gasteiger partial charge >= 0.3 is 0 Å². The van der Waals surface area contributed by atoms with Gasteiger partial charge in [0.25, 0.3) is 0 Å². The fourth-order valence-electron chi connectivity index (χ4n) is 1.28. The number of hydrogen-bond donors (Lipinski definition) is 2. The summed E-state index contributed by atoms with van der Waals surface area (Å²) in [6, 6.07) is 5.49. The van der Waals surface area contributed by atoms with Gasteiger partial charge < -0.3 is 11.1 Å². The monoisotopic (exact) mass is 212 g/mol. The Hall–Kier alpha value is -0.890. The maximum absolute atomic E-state index is 5.86. The van der Waals surface area contributed by atoms with Crippen LogP contribution in [0.3, 0.4) is 0 Å². The highest BCUT2D eigenvalue weighted by molar-refractivity contribution is 6.31. The van der Waals surface area contributed by atoms with E-state index in [1.165, 1.54) is 19.3 Å². The highest BCUT2D eigenvalue weighted by Gasteiger charge is 1.98. The third-order valence-corrected chi connectivity index (χ3v) is 2.35. The number of hydrogen-bond acceptors (Lipinski definition) is 2. The zero-order chi connectivity index (χ0) is 10.4. The van der Waals surface area contributed by atoms with Crippen LogP contribution < -0.4 is 11.1 Å². The molecule has 0 heterocycles. The van der Waals surface area contributed by atoms with Crippen LogP contribution in [0.25, 0.3) is 0 Å². The van der Waals surface area contributed by atoms with Gasteiger partial charge in [0, 0.05) is 11.6 Å². The van der Waals surface area contributed by atoms with Gasteiger partial charge in [-0.15, -0.1) is 0 Å². The highest BCUT2D eigenvalue weighted by Crippen LogP contribution is 2.22. The van der Waals surface area contributed by atoms with Crippen LogP contribution in [-0.2, 0) is 0 Å². The van der Waals surface area contributed by atoms with Crippen molar-refractivity contribution < 1.29 is 0 Å². The molecule has 0 radical (unpaired) electrons. The van der Waals surface area contributed by atoms with Crippen LogP contribution in [-0.4, -0.2) is 6.54 Å². The lowest BCUT2D eigenvalue weighted by Gasteiger charge is -2.08. The maximum atomic E-state index is 5.86. The third kappa shape index (κ3) is 3.46. The minimum absolute atomic E-state index is 0.720. The third-order valence-electron chi connectivity index (χ3n) is 2.11. The highest BCUT2D eigenvalue weighted by atomic mass is 35.5. The van der Waals surface area contributed by atoms with Crippen molar-refractivity contribution in [2.45, 2.75) is 26.2 Å². The average molecular weight is 213 g/mol. The second-order valence-electron chi connectivity index (χ2n) is 3.37. The Labute approximate surface area is 90.4 Å². The molecule has 2 nitrogen and oxygen atoms in total. The Balaban J connectivity index is 2.45. The van der Waals surface area contributed by atoms with Gasteiger partial charge in [-0.1, -0.05) is 31.4 Å². The van der Waals surface area contributed by atoms with Gasteiger partial charge in [-0.2, -0.15) is 0 Å². The molecule has 1 rings (SSSR count). The molecule has 78 valence electrons.